The number of hydrogen-bond acceptors (Lipinski definition) is 3. The summed E-state index contributed by atoms with van der Waals surface area (Å²) in [5.74, 6) is 0. The van der Waals surface area contributed by atoms with Crippen LogP contribution in [0.1, 0.15) is 26.7 Å². The van der Waals surface area contributed by atoms with E-state index in [9.17, 15) is 0 Å². The number of likely N-dealkylation sites (tertiary alicyclic amines) is 1. The van der Waals surface area contributed by atoms with E-state index in [-0.39, 0.29) is 12.0 Å². The van der Waals surface area contributed by atoms with Gasteiger partial charge in [0.2, 0.25) is 0 Å². The molecule has 2 N–H and O–H groups in total. The van der Waals surface area contributed by atoms with Crippen molar-refractivity contribution in [3.8, 4) is 0 Å². The van der Waals surface area contributed by atoms with E-state index in [1.165, 1.54) is 19.4 Å². The molecule has 0 aromatic heterocycles. The first-order valence-corrected chi connectivity index (χ1v) is 5.56. The average Bonchev–Trinajstić information content (AvgIpc) is 2.15. The molecule has 0 aromatic rings. The molecule has 0 saturated carbocycles. The minimum Gasteiger partial charge on any atom is -0.396 e. The molecular formula is C11H24N2O. The van der Waals surface area contributed by atoms with Crippen LogP contribution in [0.2, 0.25) is 0 Å². The van der Waals surface area contributed by atoms with Crippen LogP contribution in [0.4, 0.5) is 0 Å². The molecule has 1 fully saturated rings. The van der Waals surface area contributed by atoms with Gasteiger partial charge in [-0.1, -0.05) is 13.8 Å². The summed E-state index contributed by atoms with van der Waals surface area (Å²) in [5.41, 5.74) is 0.00994. The molecule has 0 aromatic carbocycles. The van der Waals surface area contributed by atoms with Crippen molar-refractivity contribution in [1.82, 2.24) is 10.2 Å². The molecule has 0 bridgehead atoms. The number of nitrogens with zero attached hydrogens (tertiary/aromatic N) is 1. The number of aliphatic hydroxyl groups is 1. The van der Waals surface area contributed by atoms with Gasteiger partial charge in [-0.25, -0.2) is 0 Å². The minimum absolute atomic E-state index is 0.00994. The Bertz CT molecular complexity index is 171. The molecule has 0 aliphatic carbocycles. The SMILES string of the molecule is CN1CCCC(NCC(C)(C)CO)C1. The van der Waals surface area contributed by atoms with E-state index >= 15 is 0 Å². The van der Waals surface area contributed by atoms with E-state index in [0.29, 0.717) is 6.04 Å². The summed E-state index contributed by atoms with van der Waals surface area (Å²) in [4.78, 5) is 2.37. The van der Waals surface area contributed by atoms with Crippen molar-refractivity contribution in [3.05, 3.63) is 0 Å². The highest BCUT2D eigenvalue weighted by atomic mass is 16.3. The van der Waals surface area contributed by atoms with E-state index in [0.717, 1.165) is 13.1 Å². The minimum atomic E-state index is 0.00994. The number of rotatable bonds is 4. The van der Waals surface area contributed by atoms with Crippen molar-refractivity contribution in [2.24, 2.45) is 5.41 Å². The van der Waals surface area contributed by atoms with Crippen LogP contribution in [0.5, 0.6) is 0 Å². The number of hydrogen-bond donors (Lipinski definition) is 2. The summed E-state index contributed by atoms with van der Waals surface area (Å²) in [6, 6.07) is 0.611. The van der Waals surface area contributed by atoms with Crippen LogP contribution >= 0.6 is 0 Å². The Labute approximate surface area is 87.5 Å². The van der Waals surface area contributed by atoms with E-state index < -0.39 is 0 Å². The largest absolute Gasteiger partial charge is 0.396 e. The fraction of sp³-hybridized carbons (Fsp3) is 1.00. The molecule has 14 heavy (non-hydrogen) atoms. The molecule has 1 rings (SSSR count). The van der Waals surface area contributed by atoms with E-state index in [2.05, 4.69) is 31.1 Å². The van der Waals surface area contributed by atoms with Gasteiger partial charge in [0.15, 0.2) is 0 Å². The molecule has 0 spiro atoms. The summed E-state index contributed by atoms with van der Waals surface area (Å²) >= 11 is 0. The molecule has 1 heterocycles. The lowest BCUT2D eigenvalue weighted by Crippen LogP contribution is -2.47. The van der Waals surface area contributed by atoms with Gasteiger partial charge in [-0.15, -0.1) is 0 Å². The summed E-state index contributed by atoms with van der Waals surface area (Å²) < 4.78 is 0. The molecule has 0 radical (unpaired) electrons. The summed E-state index contributed by atoms with van der Waals surface area (Å²) in [7, 11) is 2.17. The maximum Gasteiger partial charge on any atom is 0.0494 e. The molecule has 1 aliphatic rings. The fourth-order valence-electron chi connectivity index (χ4n) is 1.81. The van der Waals surface area contributed by atoms with Crippen molar-refractivity contribution in [1.29, 1.82) is 0 Å². The van der Waals surface area contributed by atoms with Crippen LogP contribution in [0.15, 0.2) is 0 Å². The van der Waals surface area contributed by atoms with Crippen molar-refractivity contribution in [3.63, 3.8) is 0 Å². The number of likely N-dealkylation sites (N-methyl/N-ethyl adjacent to an activating group) is 1. The van der Waals surface area contributed by atoms with Gasteiger partial charge in [0.1, 0.15) is 0 Å². The smallest absolute Gasteiger partial charge is 0.0494 e. The highest BCUT2D eigenvalue weighted by Gasteiger charge is 2.21. The second-order valence-corrected chi connectivity index (χ2v) is 5.30. The van der Waals surface area contributed by atoms with Gasteiger partial charge >= 0.3 is 0 Å². The monoisotopic (exact) mass is 200 g/mol. The Morgan fingerprint density at radius 3 is 2.79 bits per heavy atom. The van der Waals surface area contributed by atoms with Crippen LogP contribution in [0, 0.1) is 5.41 Å². The van der Waals surface area contributed by atoms with Crippen LogP contribution in [-0.2, 0) is 0 Å². The Morgan fingerprint density at radius 1 is 1.50 bits per heavy atom. The predicted octanol–water partition coefficient (Wildman–Crippen LogP) is 0.689. The average molecular weight is 200 g/mol. The quantitative estimate of drug-likeness (QED) is 0.701. The predicted molar refractivity (Wildman–Crippen MR) is 59.4 cm³/mol. The topological polar surface area (TPSA) is 35.5 Å². The van der Waals surface area contributed by atoms with Crippen molar-refractivity contribution >= 4 is 0 Å². The van der Waals surface area contributed by atoms with Gasteiger partial charge in [-0.05, 0) is 26.4 Å². The Hall–Kier alpha value is -0.120. The summed E-state index contributed by atoms with van der Waals surface area (Å²) in [5, 5.41) is 12.7. The van der Waals surface area contributed by atoms with Crippen molar-refractivity contribution in [2.45, 2.75) is 32.7 Å². The molecule has 3 nitrogen and oxygen atoms in total. The van der Waals surface area contributed by atoms with E-state index in [1.807, 2.05) is 0 Å². The first-order chi connectivity index (χ1) is 6.53. The lowest BCUT2D eigenvalue weighted by molar-refractivity contribution is 0.142. The van der Waals surface area contributed by atoms with E-state index in [1.54, 1.807) is 0 Å². The maximum atomic E-state index is 9.13. The molecule has 1 unspecified atom stereocenters. The molecule has 1 saturated heterocycles. The van der Waals surface area contributed by atoms with E-state index in [4.69, 9.17) is 5.11 Å². The standard InChI is InChI=1S/C11H24N2O/c1-11(2,9-14)8-12-10-5-4-6-13(3)7-10/h10,12,14H,4-9H2,1-3H3. The van der Waals surface area contributed by atoms with Gasteiger partial charge in [-0.3, -0.25) is 0 Å². The molecule has 84 valence electrons. The number of piperidine rings is 1. The summed E-state index contributed by atoms with van der Waals surface area (Å²) in [6.45, 7) is 7.70. The Kier molecular flexibility index (Phi) is 4.35. The third-order valence-corrected chi connectivity index (χ3v) is 2.92. The number of nitrogens with one attached hydrogen (secondary N) is 1. The third kappa shape index (κ3) is 3.95. The second-order valence-electron chi connectivity index (χ2n) is 5.30. The van der Waals surface area contributed by atoms with Crippen molar-refractivity contribution < 1.29 is 5.11 Å². The molecule has 0 amide bonds. The normalized spacial score (nSPS) is 25.3. The van der Waals surface area contributed by atoms with Gasteiger partial charge < -0.3 is 15.3 Å². The lowest BCUT2D eigenvalue weighted by Gasteiger charge is -2.33. The van der Waals surface area contributed by atoms with Gasteiger partial charge in [0.25, 0.3) is 0 Å². The van der Waals surface area contributed by atoms with Gasteiger partial charge in [0, 0.05) is 31.2 Å². The molecule has 3 heteroatoms. The lowest BCUT2D eigenvalue weighted by atomic mass is 9.94. The maximum absolute atomic E-state index is 9.13. The summed E-state index contributed by atoms with van der Waals surface area (Å²) in [6.07, 6.45) is 2.56. The van der Waals surface area contributed by atoms with Crippen LogP contribution in [0.3, 0.4) is 0 Å². The highest BCUT2D eigenvalue weighted by Crippen LogP contribution is 2.14. The van der Waals surface area contributed by atoms with Crippen molar-refractivity contribution in [2.75, 3.05) is 33.3 Å². The van der Waals surface area contributed by atoms with Crippen LogP contribution in [-0.4, -0.2) is 49.3 Å². The molecule has 1 aliphatic heterocycles. The van der Waals surface area contributed by atoms with Crippen LogP contribution in [0.25, 0.3) is 0 Å². The zero-order chi connectivity index (χ0) is 10.6. The van der Waals surface area contributed by atoms with Crippen LogP contribution < -0.4 is 5.32 Å². The first kappa shape index (κ1) is 12.0. The molecular weight excluding hydrogens is 176 g/mol. The zero-order valence-electron chi connectivity index (χ0n) is 9.71. The molecule has 1 atom stereocenters. The highest BCUT2D eigenvalue weighted by molar-refractivity contribution is 4.79. The Morgan fingerprint density at radius 2 is 2.21 bits per heavy atom. The first-order valence-electron chi connectivity index (χ1n) is 5.56. The second kappa shape index (κ2) is 5.10. The Balaban J connectivity index is 2.23. The number of aliphatic hydroxyl groups excluding tert-OH is 1. The fourth-order valence-corrected chi connectivity index (χ4v) is 1.81. The third-order valence-electron chi connectivity index (χ3n) is 2.92. The van der Waals surface area contributed by atoms with Gasteiger partial charge in [0.05, 0.1) is 0 Å². The van der Waals surface area contributed by atoms with Gasteiger partial charge in [-0.2, -0.15) is 0 Å². The zero-order valence-corrected chi connectivity index (χ0v) is 9.71.